The molecule has 0 bridgehead atoms. The molecule has 3 aromatic carbocycles. The van der Waals surface area contributed by atoms with Crippen molar-refractivity contribution in [1.82, 2.24) is 14.8 Å². The highest BCUT2D eigenvalue weighted by Gasteiger charge is 2.48. The quantitative estimate of drug-likeness (QED) is 0.491. The zero-order valence-corrected chi connectivity index (χ0v) is 18.9. The predicted molar refractivity (Wildman–Crippen MR) is 131 cm³/mol. The number of hydrogen-bond acceptors (Lipinski definition) is 3. The number of para-hydroxylation sites is 2. The molecule has 1 unspecified atom stereocenters. The average molecular weight is 463 g/mol. The number of aromatic nitrogens is 1. The molecule has 0 radical (unpaired) electrons. The molecule has 0 saturated carbocycles. The molecule has 0 spiro atoms. The second-order valence-corrected chi connectivity index (χ2v) is 9.28. The Balaban J connectivity index is 1.23. The number of amides is 3. The van der Waals surface area contributed by atoms with Crippen LogP contribution < -0.4 is 4.90 Å². The molecule has 0 aliphatic carbocycles. The van der Waals surface area contributed by atoms with Gasteiger partial charge in [0.1, 0.15) is 12.7 Å². The lowest BCUT2D eigenvalue weighted by Gasteiger charge is -2.41. The summed E-state index contributed by atoms with van der Waals surface area (Å²) in [6.45, 7) is 0.979. The van der Waals surface area contributed by atoms with Gasteiger partial charge in [-0.3, -0.25) is 19.3 Å². The van der Waals surface area contributed by atoms with Crippen molar-refractivity contribution >= 4 is 34.3 Å². The second-order valence-electron chi connectivity index (χ2n) is 9.28. The van der Waals surface area contributed by atoms with Crippen LogP contribution in [-0.2, 0) is 17.8 Å². The molecular weight excluding hydrogens is 440 g/mol. The van der Waals surface area contributed by atoms with Gasteiger partial charge in [-0.25, -0.2) is 0 Å². The minimum absolute atomic E-state index is 0.0918. The third kappa shape index (κ3) is 2.81. The third-order valence-corrected chi connectivity index (χ3v) is 7.42. The molecule has 7 heteroatoms. The Labute approximate surface area is 201 Å². The summed E-state index contributed by atoms with van der Waals surface area (Å²) in [5.41, 5.74) is 5.73. The number of aromatic amines is 1. The van der Waals surface area contributed by atoms with E-state index in [1.165, 1.54) is 10.9 Å². The molecule has 1 N–H and O–H groups in total. The van der Waals surface area contributed by atoms with Gasteiger partial charge < -0.3 is 14.8 Å². The van der Waals surface area contributed by atoms with Gasteiger partial charge >= 0.3 is 0 Å². The van der Waals surface area contributed by atoms with Gasteiger partial charge in [0.2, 0.25) is 5.91 Å². The largest absolute Gasteiger partial charge is 0.357 e. The summed E-state index contributed by atoms with van der Waals surface area (Å²) in [6.07, 6.45) is 0.136. The summed E-state index contributed by atoms with van der Waals surface area (Å²) >= 11 is 0. The van der Waals surface area contributed by atoms with Gasteiger partial charge in [0.05, 0.1) is 17.8 Å². The van der Waals surface area contributed by atoms with E-state index in [-0.39, 0.29) is 24.3 Å². The van der Waals surface area contributed by atoms with E-state index in [2.05, 4.69) is 11.1 Å². The third-order valence-electron chi connectivity index (χ3n) is 7.42. The van der Waals surface area contributed by atoms with Gasteiger partial charge in [-0.1, -0.05) is 48.5 Å². The van der Waals surface area contributed by atoms with E-state index in [9.17, 15) is 14.4 Å². The van der Waals surface area contributed by atoms with E-state index in [0.717, 1.165) is 23.2 Å². The summed E-state index contributed by atoms with van der Waals surface area (Å²) in [5, 5.41) is 1.20. The predicted octanol–water partition coefficient (Wildman–Crippen LogP) is 3.87. The van der Waals surface area contributed by atoms with Crippen molar-refractivity contribution < 1.29 is 14.4 Å². The Hall–Kier alpha value is -4.39. The maximum Gasteiger partial charge on any atom is 0.260 e. The summed E-state index contributed by atoms with van der Waals surface area (Å²) in [6, 6.07) is 22.6. The number of hydrogen-bond donors (Lipinski definition) is 1. The average Bonchev–Trinajstić information content (AvgIpc) is 3.41. The molecular formula is C28H22N4O3. The smallest absolute Gasteiger partial charge is 0.260 e. The maximum absolute atomic E-state index is 13.6. The molecule has 1 aromatic heterocycles. The minimum atomic E-state index is -0.626. The van der Waals surface area contributed by atoms with Crippen LogP contribution in [-0.4, -0.2) is 45.6 Å². The van der Waals surface area contributed by atoms with Crippen molar-refractivity contribution in [1.29, 1.82) is 0 Å². The molecule has 1 atom stereocenters. The van der Waals surface area contributed by atoms with E-state index in [4.69, 9.17) is 0 Å². The Morgan fingerprint density at radius 2 is 1.63 bits per heavy atom. The van der Waals surface area contributed by atoms with Crippen molar-refractivity contribution in [3.8, 4) is 0 Å². The molecule has 7 rings (SSSR count). The number of fused-ring (bicyclic) bond motifs is 8. The molecule has 3 aliphatic heterocycles. The lowest BCUT2D eigenvalue weighted by Crippen LogP contribution is -2.52. The molecule has 4 heterocycles. The SMILES string of the molecule is O=C(CN1C(=O)c2ccccc2N2C(=O)c3ccccc3C12)N1CCc2c([nH]c3ccccc23)C1. The number of carbonyl (C=O) groups excluding carboxylic acids is 3. The number of H-pyrrole nitrogens is 1. The van der Waals surface area contributed by atoms with E-state index < -0.39 is 6.17 Å². The minimum Gasteiger partial charge on any atom is -0.357 e. The first-order valence-electron chi connectivity index (χ1n) is 11.8. The number of anilines is 1. The first kappa shape index (κ1) is 20.0. The van der Waals surface area contributed by atoms with Crippen molar-refractivity contribution in [3.05, 3.63) is 101 Å². The lowest BCUT2D eigenvalue weighted by atomic mass is 10.0. The van der Waals surface area contributed by atoms with Crippen LogP contribution in [0.25, 0.3) is 10.9 Å². The molecule has 3 amide bonds. The van der Waals surface area contributed by atoms with E-state index in [0.29, 0.717) is 29.9 Å². The zero-order chi connectivity index (χ0) is 23.7. The van der Waals surface area contributed by atoms with Crippen LogP contribution in [0.2, 0.25) is 0 Å². The molecule has 0 fully saturated rings. The summed E-state index contributed by atoms with van der Waals surface area (Å²) in [4.78, 5) is 49.0. The van der Waals surface area contributed by atoms with Crippen LogP contribution >= 0.6 is 0 Å². The first-order chi connectivity index (χ1) is 17.1. The summed E-state index contributed by atoms with van der Waals surface area (Å²) in [5.74, 6) is -0.509. The molecule has 7 nitrogen and oxygen atoms in total. The molecule has 35 heavy (non-hydrogen) atoms. The fourth-order valence-electron chi connectivity index (χ4n) is 5.79. The van der Waals surface area contributed by atoms with Crippen LogP contribution in [0.15, 0.2) is 72.8 Å². The van der Waals surface area contributed by atoms with Gasteiger partial charge in [0, 0.05) is 34.3 Å². The first-order valence-corrected chi connectivity index (χ1v) is 11.8. The van der Waals surface area contributed by atoms with Gasteiger partial charge in [-0.2, -0.15) is 0 Å². The van der Waals surface area contributed by atoms with E-state index >= 15 is 0 Å². The van der Waals surface area contributed by atoms with Crippen molar-refractivity contribution in [2.24, 2.45) is 0 Å². The van der Waals surface area contributed by atoms with Crippen molar-refractivity contribution in [2.75, 3.05) is 18.0 Å². The van der Waals surface area contributed by atoms with Crippen LogP contribution in [0.4, 0.5) is 5.69 Å². The van der Waals surface area contributed by atoms with Crippen LogP contribution in [0, 0.1) is 0 Å². The Kier molecular flexibility index (Phi) is 4.18. The van der Waals surface area contributed by atoms with Crippen LogP contribution in [0.3, 0.4) is 0 Å². The van der Waals surface area contributed by atoms with Crippen molar-refractivity contribution in [3.63, 3.8) is 0 Å². The molecule has 0 saturated heterocycles. The molecule has 3 aliphatic rings. The Morgan fingerprint density at radius 1 is 0.886 bits per heavy atom. The highest BCUT2D eigenvalue weighted by Crippen LogP contribution is 2.45. The van der Waals surface area contributed by atoms with Gasteiger partial charge in [-0.15, -0.1) is 0 Å². The summed E-state index contributed by atoms with van der Waals surface area (Å²) < 4.78 is 0. The number of rotatable bonds is 2. The highest BCUT2D eigenvalue weighted by molar-refractivity contribution is 6.17. The van der Waals surface area contributed by atoms with Crippen LogP contribution in [0.5, 0.6) is 0 Å². The maximum atomic E-state index is 13.6. The fourth-order valence-corrected chi connectivity index (χ4v) is 5.79. The standard InChI is InChI=1S/C28H22N4O3/c33-25(30-14-13-18-17-7-3-5-11-22(17)29-23(18)15-30)16-31-26-19-8-1-2-9-20(19)28(35)32(26)24-12-6-4-10-21(24)27(31)34/h1-12,26,29H,13-16H2. The normalized spacial score (nSPS) is 18.4. The molecule has 4 aromatic rings. The Morgan fingerprint density at radius 3 is 2.51 bits per heavy atom. The zero-order valence-electron chi connectivity index (χ0n) is 18.9. The number of nitrogens with one attached hydrogen (secondary N) is 1. The highest BCUT2D eigenvalue weighted by atomic mass is 16.2. The lowest BCUT2D eigenvalue weighted by molar-refractivity contribution is -0.133. The summed E-state index contributed by atoms with van der Waals surface area (Å²) in [7, 11) is 0. The van der Waals surface area contributed by atoms with Gasteiger partial charge in [0.15, 0.2) is 0 Å². The van der Waals surface area contributed by atoms with Gasteiger partial charge in [-0.05, 0) is 36.2 Å². The second kappa shape index (κ2) is 7.30. The topological polar surface area (TPSA) is 76.7 Å². The number of nitrogens with zero attached hydrogens (tertiary/aromatic N) is 3. The molecule has 172 valence electrons. The Bertz CT molecular complexity index is 1550. The monoisotopic (exact) mass is 462 g/mol. The fraction of sp³-hybridized carbons (Fsp3) is 0.179. The van der Waals surface area contributed by atoms with Crippen LogP contribution in [0.1, 0.15) is 43.7 Å². The van der Waals surface area contributed by atoms with Crippen molar-refractivity contribution in [2.45, 2.75) is 19.1 Å². The van der Waals surface area contributed by atoms with Gasteiger partial charge in [0.25, 0.3) is 11.8 Å². The van der Waals surface area contributed by atoms with E-state index in [1.54, 1.807) is 39.0 Å². The van der Waals surface area contributed by atoms with E-state index in [1.807, 2.05) is 42.5 Å². The number of carbonyl (C=O) groups is 3. The number of benzene rings is 3.